The standard InChI is InChI=1S/C15H13ClN4O6S/c1-17-15(22)18-10-3-5-11(6-4-10)27(25,26)19-14(21)12-8-9(16)2-7-13(12)20(23)24/h2-8H,1H3,(H,19,21)(H2,17,18,22). The fraction of sp³-hybridized carbons (Fsp3) is 0.0667. The first kappa shape index (κ1) is 20.1. The highest BCUT2D eigenvalue weighted by atomic mass is 35.5. The van der Waals surface area contributed by atoms with Crippen LogP contribution in [-0.2, 0) is 10.0 Å². The molecule has 142 valence electrons. The molecule has 2 rings (SSSR count). The van der Waals surface area contributed by atoms with Gasteiger partial charge in [-0.25, -0.2) is 17.9 Å². The Labute approximate surface area is 158 Å². The van der Waals surface area contributed by atoms with Crippen LogP contribution in [0.1, 0.15) is 10.4 Å². The maximum absolute atomic E-state index is 12.3. The first-order valence-corrected chi connectivity index (χ1v) is 9.10. The minimum atomic E-state index is -4.31. The molecule has 0 atom stereocenters. The second-order valence-corrected chi connectivity index (χ2v) is 7.20. The molecule has 0 saturated carbocycles. The molecule has 2 aromatic rings. The van der Waals surface area contributed by atoms with E-state index >= 15 is 0 Å². The first-order valence-electron chi connectivity index (χ1n) is 7.24. The van der Waals surface area contributed by atoms with Crippen molar-refractivity contribution >= 4 is 44.9 Å². The highest BCUT2D eigenvalue weighted by Gasteiger charge is 2.25. The molecule has 0 radical (unpaired) electrons. The molecule has 0 fully saturated rings. The highest BCUT2D eigenvalue weighted by Crippen LogP contribution is 2.23. The summed E-state index contributed by atoms with van der Waals surface area (Å²) >= 11 is 5.73. The number of nitro benzene ring substituents is 1. The van der Waals surface area contributed by atoms with Crippen LogP contribution < -0.4 is 15.4 Å². The lowest BCUT2D eigenvalue weighted by Gasteiger charge is -2.09. The zero-order valence-electron chi connectivity index (χ0n) is 13.7. The summed E-state index contributed by atoms with van der Waals surface area (Å²) in [5, 5.41) is 15.8. The van der Waals surface area contributed by atoms with Gasteiger partial charge in [0.15, 0.2) is 0 Å². The Morgan fingerprint density at radius 3 is 2.30 bits per heavy atom. The molecule has 10 nitrogen and oxygen atoms in total. The molecule has 0 aliphatic carbocycles. The monoisotopic (exact) mass is 412 g/mol. The van der Waals surface area contributed by atoms with E-state index in [0.29, 0.717) is 5.69 Å². The third-order valence-corrected chi connectivity index (χ3v) is 4.86. The number of urea groups is 1. The van der Waals surface area contributed by atoms with Gasteiger partial charge in [-0.3, -0.25) is 14.9 Å². The molecule has 0 aliphatic heterocycles. The van der Waals surface area contributed by atoms with E-state index in [1.54, 1.807) is 4.72 Å². The summed E-state index contributed by atoms with van der Waals surface area (Å²) in [4.78, 5) is 33.4. The number of nitrogens with zero attached hydrogens (tertiary/aromatic N) is 1. The number of sulfonamides is 1. The van der Waals surface area contributed by atoms with Crippen molar-refractivity contribution in [1.82, 2.24) is 10.0 Å². The average molecular weight is 413 g/mol. The van der Waals surface area contributed by atoms with Crippen molar-refractivity contribution in [2.45, 2.75) is 4.90 Å². The highest BCUT2D eigenvalue weighted by molar-refractivity contribution is 7.90. The van der Waals surface area contributed by atoms with Crippen LogP contribution in [0.3, 0.4) is 0 Å². The minimum Gasteiger partial charge on any atom is -0.341 e. The van der Waals surface area contributed by atoms with Gasteiger partial charge in [0.1, 0.15) is 5.56 Å². The number of hydrogen-bond donors (Lipinski definition) is 3. The lowest BCUT2D eigenvalue weighted by atomic mass is 10.2. The number of carbonyl (C=O) groups is 2. The lowest BCUT2D eigenvalue weighted by Crippen LogP contribution is -2.31. The van der Waals surface area contributed by atoms with E-state index in [4.69, 9.17) is 11.6 Å². The molecular formula is C15H13ClN4O6S. The van der Waals surface area contributed by atoms with E-state index < -0.39 is 38.1 Å². The summed E-state index contributed by atoms with van der Waals surface area (Å²) < 4.78 is 26.4. The number of rotatable bonds is 5. The van der Waals surface area contributed by atoms with Gasteiger partial charge in [0.2, 0.25) is 0 Å². The van der Waals surface area contributed by atoms with Gasteiger partial charge >= 0.3 is 6.03 Å². The predicted octanol–water partition coefficient (Wildman–Crippen LogP) is 2.12. The summed E-state index contributed by atoms with van der Waals surface area (Å²) in [5.41, 5.74) is -0.753. The van der Waals surface area contributed by atoms with Crippen LogP contribution in [0.2, 0.25) is 5.02 Å². The van der Waals surface area contributed by atoms with Crippen molar-refractivity contribution in [3.63, 3.8) is 0 Å². The normalized spacial score (nSPS) is 10.7. The lowest BCUT2D eigenvalue weighted by molar-refractivity contribution is -0.385. The van der Waals surface area contributed by atoms with E-state index in [1.165, 1.54) is 25.2 Å². The van der Waals surface area contributed by atoms with Crippen molar-refractivity contribution in [2.24, 2.45) is 0 Å². The number of nitrogens with one attached hydrogen (secondary N) is 3. The number of nitro groups is 1. The molecule has 3 N–H and O–H groups in total. The fourth-order valence-electron chi connectivity index (χ4n) is 2.00. The van der Waals surface area contributed by atoms with Crippen molar-refractivity contribution in [2.75, 3.05) is 12.4 Å². The Kier molecular flexibility index (Phi) is 5.98. The van der Waals surface area contributed by atoms with Crippen LogP contribution in [-0.4, -0.2) is 32.3 Å². The number of amides is 3. The molecule has 3 amide bonds. The summed E-state index contributed by atoms with van der Waals surface area (Å²) in [6, 6.07) is 7.67. The van der Waals surface area contributed by atoms with Crippen LogP contribution in [0.25, 0.3) is 0 Å². The summed E-state index contributed by atoms with van der Waals surface area (Å²) in [7, 11) is -2.89. The van der Waals surface area contributed by atoms with Crippen molar-refractivity contribution in [3.8, 4) is 0 Å². The van der Waals surface area contributed by atoms with Gasteiger partial charge < -0.3 is 10.6 Å². The number of anilines is 1. The van der Waals surface area contributed by atoms with Crippen molar-refractivity contribution < 1.29 is 22.9 Å². The van der Waals surface area contributed by atoms with E-state index in [9.17, 15) is 28.1 Å². The van der Waals surface area contributed by atoms with Crippen LogP contribution in [0.15, 0.2) is 47.4 Å². The zero-order valence-corrected chi connectivity index (χ0v) is 15.3. The fourth-order valence-corrected chi connectivity index (χ4v) is 3.13. The number of halogens is 1. The Morgan fingerprint density at radius 2 is 1.74 bits per heavy atom. The molecule has 0 saturated heterocycles. The quantitative estimate of drug-likeness (QED) is 0.506. The third kappa shape index (κ3) is 4.92. The van der Waals surface area contributed by atoms with Crippen LogP contribution in [0, 0.1) is 10.1 Å². The Hall–Kier alpha value is -3.18. The summed E-state index contributed by atoms with van der Waals surface area (Å²) in [6.45, 7) is 0. The van der Waals surface area contributed by atoms with Crippen molar-refractivity contribution in [1.29, 1.82) is 0 Å². The van der Waals surface area contributed by atoms with E-state index in [2.05, 4.69) is 10.6 Å². The average Bonchev–Trinajstić information content (AvgIpc) is 2.61. The smallest absolute Gasteiger partial charge is 0.318 e. The second-order valence-electron chi connectivity index (χ2n) is 5.08. The van der Waals surface area contributed by atoms with Gasteiger partial charge in [-0.15, -0.1) is 0 Å². The largest absolute Gasteiger partial charge is 0.341 e. The van der Waals surface area contributed by atoms with Crippen LogP contribution in [0.5, 0.6) is 0 Å². The molecule has 0 aromatic heterocycles. The predicted molar refractivity (Wildman–Crippen MR) is 97.3 cm³/mol. The Morgan fingerprint density at radius 1 is 1.11 bits per heavy atom. The van der Waals surface area contributed by atoms with E-state index in [-0.39, 0.29) is 9.92 Å². The summed E-state index contributed by atoms with van der Waals surface area (Å²) in [6.07, 6.45) is 0. The molecule has 0 unspecified atom stereocenters. The van der Waals surface area contributed by atoms with Crippen molar-refractivity contribution in [3.05, 3.63) is 63.2 Å². The molecule has 0 aliphatic rings. The third-order valence-electron chi connectivity index (χ3n) is 3.28. The molecule has 0 bridgehead atoms. The SMILES string of the molecule is CNC(=O)Nc1ccc(S(=O)(=O)NC(=O)c2cc(Cl)ccc2[N+](=O)[O-])cc1. The molecular weight excluding hydrogens is 400 g/mol. The van der Waals surface area contributed by atoms with E-state index in [1.807, 2.05) is 0 Å². The number of benzene rings is 2. The van der Waals surface area contributed by atoms with Gasteiger partial charge in [0.25, 0.3) is 21.6 Å². The maximum Gasteiger partial charge on any atom is 0.318 e. The van der Waals surface area contributed by atoms with Gasteiger partial charge in [-0.2, -0.15) is 0 Å². The maximum atomic E-state index is 12.3. The molecule has 2 aromatic carbocycles. The van der Waals surface area contributed by atoms with E-state index in [0.717, 1.165) is 24.3 Å². The van der Waals surface area contributed by atoms with Gasteiger partial charge in [0, 0.05) is 23.8 Å². The second kappa shape index (κ2) is 8.01. The molecule has 0 heterocycles. The van der Waals surface area contributed by atoms with Gasteiger partial charge in [0.05, 0.1) is 9.82 Å². The number of hydrogen-bond acceptors (Lipinski definition) is 6. The van der Waals surface area contributed by atoms with Crippen LogP contribution >= 0.6 is 11.6 Å². The first-order chi connectivity index (χ1) is 12.6. The summed E-state index contributed by atoms with van der Waals surface area (Å²) in [5.74, 6) is -1.20. The van der Waals surface area contributed by atoms with Crippen LogP contribution in [0.4, 0.5) is 16.2 Å². The van der Waals surface area contributed by atoms with Gasteiger partial charge in [-0.05, 0) is 36.4 Å². The molecule has 12 heteroatoms. The zero-order chi connectivity index (χ0) is 20.2. The van der Waals surface area contributed by atoms with Gasteiger partial charge in [-0.1, -0.05) is 11.6 Å². The Bertz CT molecular complexity index is 1010. The topological polar surface area (TPSA) is 148 Å². The molecule has 27 heavy (non-hydrogen) atoms. The Balaban J connectivity index is 2.26. The molecule has 0 spiro atoms. The number of carbonyl (C=O) groups excluding carboxylic acids is 2. The minimum absolute atomic E-state index is 0.0350.